The van der Waals surface area contributed by atoms with Crippen molar-refractivity contribution in [3.05, 3.63) is 45.3 Å². The Labute approximate surface area is 169 Å². The molecule has 0 unspecified atom stereocenters. The molecule has 1 saturated carbocycles. The van der Waals surface area contributed by atoms with Crippen LogP contribution < -0.4 is 5.32 Å². The number of nitrogens with one attached hydrogen (secondary N) is 1. The molecule has 1 aromatic heterocycles. The largest absolute Gasteiger partial charge is 0.325 e. The number of aromatic nitrogens is 2. The maximum absolute atomic E-state index is 12.4. The zero-order valence-corrected chi connectivity index (χ0v) is 17.3. The van der Waals surface area contributed by atoms with Crippen LogP contribution in [0.15, 0.2) is 23.4 Å². The molecule has 1 heterocycles. The average Bonchev–Trinajstić information content (AvgIpc) is 2.96. The highest BCUT2D eigenvalue weighted by Crippen LogP contribution is 2.34. The van der Waals surface area contributed by atoms with E-state index in [0.29, 0.717) is 17.3 Å². The molecule has 1 aromatic carbocycles. The molecule has 28 heavy (non-hydrogen) atoms. The van der Waals surface area contributed by atoms with Crippen molar-refractivity contribution in [3.63, 3.8) is 0 Å². The fraction of sp³-hybridized carbons (Fsp3) is 0.500. The molecular weight excluding hydrogens is 376 g/mol. The number of hydrogen-bond acceptors (Lipinski definition) is 5. The summed E-state index contributed by atoms with van der Waals surface area (Å²) in [5.41, 5.74) is 3.18. The smallest absolute Gasteiger partial charge is 0.274 e. The van der Waals surface area contributed by atoms with E-state index in [2.05, 4.69) is 21.8 Å². The Bertz CT molecular complexity index is 888. The second kappa shape index (κ2) is 8.77. The summed E-state index contributed by atoms with van der Waals surface area (Å²) >= 11 is 1.42. The van der Waals surface area contributed by atoms with E-state index in [4.69, 9.17) is 0 Å². The Kier molecular flexibility index (Phi) is 6.39. The Balaban J connectivity index is 1.67. The number of amides is 1. The molecule has 150 valence electrons. The molecule has 0 spiro atoms. The molecule has 7 nitrogen and oxygen atoms in total. The maximum Gasteiger partial charge on any atom is 0.274 e. The van der Waals surface area contributed by atoms with Crippen molar-refractivity contribution in [1.82, 2.24) is 9.55 Å². The van der Waals surface area contributed by atoms with E-state index < -0.39 is 4.92 Å². The van der Waals surface area contributed by atoms with Gasteiger partial charge in [-0.2, -0.15) is 0 Å². The second-order valence-electron chi connectivity index (χ2n) is 7.32. The van der Waals surface area contributed by atoms with Gasteiger partial charge in [-0.15, -0.1) is 0 Å². The van der Waals surface area contributed by atoms with Crippen LogP contribution in [-0.2, 0) is 4.79 Å². The summed E-state index contributed by atoms with van der Waals surface area (Å²) in [5.74, 6) is 0.0150. The van der Waals surface area contributed by atoms with Gasteiger partial charge in [0, 0.05) is 29.1 Å². The quantitative estimate of drug-likeness (QED) is 0.419. The Morgan fingerprint density at radius 3 is 2.68 bits per heavy atom. The van der Waals surface area contributed by atoms with Crippen molar-refractivity contribution in [2.45, 2.75) is 64.1 Å². The van der Waals surface area contributed by atoms with Gasteiger partial charge >= 0.3 is 0 Å². The van der Waals surface area contributed by atoms with Gasteiger partial charge in [0.1, 0.15) is 0 Å². The van der Waals surface area contributed by atoms with E-state index in [1.807, 2.05) is 6.92 Å². The van der Waals surface area contributed by atoms with Gasteiger partial charge in [-0.05, 0) is 39.7 Å². The lowest BCUT2D eigenvalue weighted by atomic mass is 9.95. The van der Waals surface area contributed by atoms with Gasteiger partial charge in [0.2, 0.25) is 5.91 Å². The first-order valence-electron chi connectivity index (χ1n) is 9.60. The van der Waals surface area contributed by atoms with Crippen molar-refractivity contribution < 1.29 is 9.72 Å². The van der Waals surface area contributed by atoms with Gasteiger partial charge in [-0.25, -0.2) is 4.98 Å². The zero-order valence-electron chi connectivity index (χ0n) is 16.5. The number of rotatable bonds is 6. The molecule has 1 N–H and O–H groups in total. The molecule has 3 rings (SSSR count). The second-order valence-corrected chi connectivity index (χ2v) is 8.26. The number of anilines is 1. The lowest BCUT2D eigenvalue weighted by Crippen LogP contribution is -2.17. The molecule has 0 radical (unpaired) electrons. The molecule has 2 aromatic rings. The van der Waals surface area contributed by atoms with E-state index in [-0.39, 0.29) is 17.3 Å². The van der Waals surface area contributed by atoms with E-state index >= 15 is 0 Å². The van der Waals surface area contributed by atoms with Crippen LogP contribution in [0.2, 0.25) is 0 Å². The maximum atomic E-state index is 12.4. The monoisotopic (exact) mass is 402 g/mol. The number of aryl methyl sites for hydroxylation is 2. The molecule has 0 saturated heterocycles. The third-order valence-electron chi connectivity index (χ3n) is 5.32. The number of hydrogen-bond donors (Lipinski definition) is 1. The molecule has 8 heteroatoms. The SMILES string of the molecule is Cc1ccc(NC(=O)CSc2nc(C)c(C)n2C2CCCCC2)cc1[N+](=O)[O-]. The average molecular weight is 403 g/mol. The molecule has 1 aliphatic rings. The van der Waals surface area contributed by atoms with Crippen molar-refractivity contribution in [1.29, 1.82) is 0 Å². The van der Waals surface area contributed by atoms with Gasteiger partial charge < -0.3 is 9.88 Å². The van der Waals surface area contributed by atoms with Crippen molar-refractivity contribution in [2.24, 2.45) is 0 Å². The Morgan fingerprint density at radius 1 is 1.29 bits per heavy atom. The lowest BCUT2D eigenvalue weighted by molar-refractivity contribution is -0.385. The van der Waals surface area contributed by atoms with Gasteiger partial charge in [0.15, 0.2) is 5.16 Å². The van der Waals surface area contributed by atoms with E-state index in [1.165, 1.54) is 42.8 Å². The number of nitrogens with zero attached hydrogens (tertiary/aromatic N) is 3. The first-order chi connectivity index (χ1) is 13.4. The molecule has 1 aliphatic carbocycles. The fourth-order valence-corrected chi connectivity index (χ4v) is 4.64. The normalized spacial score (nSPS) is 14.8. The van der Waals surface area contributed by atoms with Crippen LogP contribution in [0.3, 0.4) is 0 Å². The van der Waals surface area contributed by atoms with Crippen molar-refractivity contribution in [2.75, 3.05) is 11.1 Å². The van der Waals surface area contributed by atoms with E-state index in [9.17, 15) is 14.9 Å². The Hall–Kier alpha value is -2.35. The van der Waals surface area contributed by atoms with Gasteiger partial charge in [0.05, 0.1) is 16.4 Å². The third kappa shape index (κ3) is 4.55. The minimum absolute atomic E-state index is 0.00421. The minimum Gasteiger partial charge on any atom is -0.325 e. The van der Waals surface area contributed by atoms with Crippen LogP contribution in [-0.4, -0.2) is 26.1 Å². The molecule has 1 amide bonds. The van der Waals surface area contributed by atoms with Crippen molar-refractivity contribution >= 4 is 29.0 Å². The van der Waals surface area contributed by atoms with Gasteiger partial charge in [-0.1, -0.05) is 37.1 Å². The number of thioether (sulfide) groups is 1. The van der Waals surface area contributed by atoms with Crippen LogP contribution in [0.4, 0.5) is 11.4 Å². The summed E-state index contributed by atoms with van der Waals surface area (Å²) < 4.78 is 2.29. The van der Waals surface area contributed by atoms with Gasteiger partial charge in [0.25, 0.3) is 5.69 Å². The third-order valence-corrected chi connectivity index (χ3v) is 6.27. The molecule has 0 bridgehead atoms. The van der Waals surface area contributed by atoms with Crippen molar-refractivity contribution in [3.8, 4) is 0 Å². The van der Waals surface area contributed by atoms with Crippen LogP contribution in [0.1, 0.15) is 55.1 Å². The molecular formula is C20H26N4O3S. The number of nitro groups is 1. The minimum atomic E-state index is -0.438. The highest BCUT2D eigenvalue weighted by atomic mass is 32.2. The summed E-state index contributed by atoms with van der Waals surface area (Å²) in [6.45, 7) is 5.77. The van der Waals surface area contributed by atoms with Crippen LogP contribution in [0.25, 0.3) is 0 Å². The fourth-order valence-electron chi connectivity index (χ4n) is 3.68. The lowest BCUT2D eigenvalue weighted by Gasteiger charge is -2.26. The summed E-state index contributed by atoms with van der Waals surface area (Å²) in [7, 11) is 0. The predicted octanol–water partition coefficient (Wildman–Crippen LogP) is 4.95. The number of carbonyl (C=O) groups excluding carboxylic acids is 1. The molecule has 0 atom stereocenters. The first kappa shape index (κ1) is 20.4. The summed E-state index contributed by atoms with van der Waals surface area (Å²) in [6.07, 6.45) is 6.07. The zero-order chi connectivity index (χ0) is 20.3. The number of nitro benzene ring substituents is 1. The van der Waals surface area contributed by atoms with Crippen LogP contribution in [0, 0.1) is 30.9 Å². The highest BCUT2D eigenvalue weighted by molar-refractivity contribution is 7.99. The summed E-state index contributed by atoms with van der Waals surface area (Å²) in [6, 6.07) is 5.18. The summed E-state index contributed by atoms with van der Waals surface area (Å²) in [5, 5.41) is 14.7. The number of imidazole rings is 1. The Morgan fingerprint density at radius 2 is 2.00 bits per heavy atom. The number of benzene rings is 1. The molecule has 1 fully saturated rings. The standard InChI is InChI=1S/C20H26N4O3S/c1-13-9-10-16(11-18(13)24(26)27)22-19(25)12-28-20-21-14(2)15(3)23(20)17-7-5-4-6-8-17/h9-11,17H,4-8,12H2,1-3H3,(H,22,25). The highest BCUT2D eigenvalue weighted by Gasteiger charge is 2.22. The molecule has 0 aliphatic heterocycles. The van der Waals surface area contributed by atoms with Gasteiger partial charge in [-0.3, -0.25) is 14.9 Å². The topological polar surface area (TPSA) is 90.1 Å². The van der Waals surface area contributed by atoms with E-state index in [1.54, 1.807) is 19.1 Å². The van der Waals surface area contributed by atoms with Crippen LogP contribution in [0.5, 0.6) is 0 Å². The van der Waals surface area contributed by atoms with E-state index in [0.717, 1.165) is 23.7 Å². The predicted molar refractivity (Wildman–Crippen MR) is 111 cm³/mol. The first-order valence-corrected chi connectivity index (χ1v) is 10.6. The van der Waals surface area contributed by atoms with Crippen LogP contribution >= 0.6 is 11.8 Å². The number of carbonyl (C=O) groups is 1. The summed E-state index contributed by atoms with van der Waals surface area (Å²) in [4.78, 5) is 27.7.